The summed E-state index contributed by atoms with van der Waals surface area (Å²) >= 11 is 0. The van der Waals surface area contributed by atoms with Crippen LogP contribution < -0.4 is 4.74 Å². The van der Waals surface area contributed by atoms with E-state index in [1.54, 1.807) is 7.11 Å². The summed E-state index contributed by atoms with van der Waals surface area (Å²) < 4.78 is 10.5. The number of rotatable bonds is 4. The van der Waals surface area contributed by atoms with E-state index in [-0.39, 0.29) is 29.9 Å². The molecule has 1 aliphatic heterocycles. The SMILES string of the molecule is COc1ccc(CN2C(=O)[C@H]3C[C@H](OC(C)=O)[C@@H]2C3)cc1. The molecule has 2 fully saturated rings. The fourth-order valence-corrected chi connectivity index (χ4v) is 3.37. The van der Waals surface area contributed by atoms with Crippen LogP contribution in [0.4, 0.5) is 0 Å². The molecule has 1 saturated carbocycles. The van der Waals surface area contributed by atoms with Gasteiger partial charge in [0.25, 0.3) is 0 Å². The van der Waals surface area contributed by atoms with Gasteiger partial charge in [-0.2, -0.15) is 0 Å². The van der Waals surface area contributed by atoms with E-state index in [1.807, 2.05) is 29.2 Å². The number of benzene rings is 1. The number of methoxy groups -OCH3 is 1. The zero-order valence-electron chi connectivity index (χ0n) is 12.2. The molecule has 3 rings (SSSR count). The molecule has 21 heavy (non-hydrogen) atoms. The number of piperidine rings is 1. The molecule has 0 aromatic heterocycles. The summed E-state index contributed by atoms with van der Waals surface area (Å²) in [5.41, 5.74) is 1.05. The van der Waals surface area contributed by atoms with E-state index in [0.29, 0.717) is 13.0 Å². The Balaban J connectivity index is 1.72. The third-order valence-electron chi connectivity index (χ3n) is 4.33. The molecule has 1 heterocycles. The summed E-state index contributed by atoms with van der Waals surface area (Å²) in [5.74, 6) is 0.715. The molecular formula is C16H19NO4. The number of likely N-dealkylation sites (tertiary alicyclic amines) is 1. The van der Waals surface area contributed by atoms with E-state index >= 15 is 0 Å². The number of carbonyl (C=O) groups is 2. The second-order valence-electron chi connectivity index (χ2n) is 5.70. The smallest absolute Gasteiger partial charge is 0.302 e. The highest BCUT2D eigenvalue weighted by atomic mass is 16.5. The predicted octanol–water partition coefficient (Wildman–Crippen LogP) is 1.75. The van der Waals surface area contributed by atoms with E-state index in [1.165, 1.54) is 6.92 Å². The largest absolute Gasteiger partial charge is 0.497 e. The second kappa shape index (κ2) is 5.39. The summed E-state index contributed by atoms with van der Waals surface area (Å²) in [6, 6.07) is 7.71. The fourth-order valence-electron chi connectivity index (χ4n) is 3.37. The molecule has 2 aliphatic rings. The summed E-state index contributed by atoms with van der Waals surface area (Å²) in [4.78, 5) is 25.3. The van der Waals surface area contributed by atoms with Crippen LogP contribution in [0.3, 0.4) is 0 Å². The number of amides is 1. The number of carbonyl (C=O) groups excluding carboxylic acids is 2. The van der Waals surface area contributed by atoms with E-state index in [0.717, 1.165) is 17.7 Å². The van der Waals surface area contributed by atoms with Gasteiger partial charge < -0.3 is 14.4 Å². The van der Waals surface area contributed by atoms with Gasteiger partial charge in [-0.05, 0) is 30.5 Å². The van der Waals surface area contributed by atoms with Crippen LogP contribution in [0.25, 0.3) is 0 Å². The molecule has 1 saturated heterocycles. The molecule has 5 nitrogen and oxygen atoms in total. The summed E-state index contributed by atoms with van der Waals surface area (Å²) in [6.45, 7) is 1.98. The van der Waals surface area contributed by atoms with Gasteiger partial charge in [0.05, 0.1) is 13.2 Å². The third-order valence-corrected chi connectivity index (χ3v) is 4.33. The van der Waals surface area contributed by atoms with Gasteiger partial charge in [0, 0.05) is 19.4 Å². The number of fused-ring (bicyclic) bond motifs is 2. The van der Waals surface area contributed by atoms with Crippen molar-refractivity contribution in [3.63, 3.8) is 0 Å². The Morgan fingerprint density at radius 2 is 2.00 bits per heavy atom. The zero-order chi connectivity index (χ0) is 15.0. The maximum absolute atomic E-state index is 12.3. The number of ether oxygens (including phenoxy) is 2. The minimum atomic E-state index is -0.274. The number of nitrogens with zero attached hydrogens (tertiary/aromatic N) is 1. The van der Waals surface area contributed by atoms with Crippen molar-refractivity contribution in [2.45, 2.75) is 38.5 Å². The van der Waals surface area contributed by atoms with E-state index in [9.17, 15) is 9.59 Å². The lowest BCUT2D eigenvalue weighted by atomic mass is 10.1. The highest BCUT2D eigenvalue weighted by Crippen LogP contribution is 2.41. The molecule has 0 N–H and O–H groups in total. The maximum atomic E-state index is 12.3. The molecule has 1 aromatic carbocycles. The van der Waals surface area contributed by atoms with Crippen molar-refractivity contribution in [3.05, 3.63) is 29.8 Å². The summed E-state index contributed by atoms with van der Waals surface area (Å²) in [5, 5.41) is 0. The molecular weight excluding hydrogens is 270 g/mol. The maximum Gasteiger partial charge on any atom is 0.302 e. The first-order valence-electron chi connectivity index (χ1n) is 7.19. The normalized spacial score (nSPS) is 27.0. The van der Waals surface area contributed by atoms with Crippen molar-refractivity contribution in [2.24, 2.45) is 5.92 Å². The van der Waals surface area contributed by atoms with E-state index < -0.39 is 0 Å². The molecule has 0 spiro atoms. The van der Waals surface area contributed by atoms with Crippen molar-refractivity contribution in [1.82, 2.24) is 4.90 Å². The van der Waals surface area contributed by atoms with Gasteiger partial charge >= 0.3 is 5.97 Å². The highest BCUT2D eigenvalue weighted by Gasteiger charge is 2.51. The average Bonchev–Trinajstić information content (AvgIpc) is 2.99. The van der Waals surface area contributed by atoms with Gasteiger partial charge in [0.1, 0.15) is 11.9 Å². The van der Waals surface area contributed by atoms with Crippen LogP contribution in [0.5, 0.6) is 5.75 Å². The van der Waals surface area contributed by atoms with Crippen molar-refractivity contribution >= 4 is 11.9 Å². The monoisotopic (exact) mass is 289 g/mol. The lowest BCUT2D eigenvalue weighted by molar-refractivity contribution is -0.155. The number of esters is 1. The van der Waals surface area contributed by atoms with Gasteiger partial charge in [-0.1, -0.05) is 12.1 Å². The first kappa shape index (κ1) is 13.9. The second-order valence-corrected chi connectivity index (χ2v) is 5.70. The topological polar surface area (TPSA) is 55.8 Å². The average molecular weight is 289 g/mol. The lowest BCUT2D eigenvalue weighted by Crippen LogP contribution is -2.45. The zero-order valence-corrected chi connectivity index (χ0v) is 12.2. The molecule has 5 heteroatoms. The molecule has 2 bridgehead atoms. The van der Waals surface area contributed by atoms with Crippen LogP contribution in [-0.4, -0.2) is 36.0 Å². The Hall–Kier alpha value is -2.04. The Kier molecular flexibility index (Phi) is 3.57. The number of hydrogen-bond donors (Lipinski definition) is 0. The van der Waals surface area contributed by atoms with E-state index in [2.05, 4.69) is 0 Å². The Morgan fingerprint density at radius 1 is 1.29 bits per heavy atom. The first-order chi connectivity index (χ1) is 10.1. The van der Waals surface area contributed by atoms with Gasteiger partial charge in [-0.15, -0.1) is 0 Å². The number of hydrogen-bond acceptors (Lipinski definition) is 4. The van der Waals surface area contributed by atoms with Crippen molar-refractivity contribution < 1.29 is 19.1 Å². The lowest BCUT2D eigenvalue weighted by Gasteiger charge is -2.32. The van der Waals surface area contributed by atoms with Crippen LogP contribution in [0.1, 0.15) is 25.3 Å². The van der Waals surface area contributed by atoms with Crippen LogP contribution in [0, 0.1) is 5.92 Å². The van der Waals surface area contributed by atoms with E-state index in [4.69, 9.17) is 9.47 Å². The Labute approximate surface area is 123 Å². The van der Waals surface area contributed by atoms with Gasteiger partial charge in [0.2, 0.25) is 5.91 Å². The molecule has 112 valence electrons. The molecule has 1 amide bonds. The third kappa shape index (κ3) is 2.60. The minimum absolute atomic E-state index is 0.0117. The fraction of sp³-hybridized carbons (Fsp3) is 0.500. The summed E-state index contributed by atoms with van der Waals surface area (Å²) in [7, 11) is 1.63. The summed E-state index contributed by atoms with van der Waals surface area (Å²) in [6.07, 6.45) is 1.32. The van der Waals surface area contributed by atoms with Crippen LogP contribution in [0.15, 0.2) is 24.3 Å². The minimum Gasteiger partial charge on any atom is -0.497 e. The van der Waals surface area contributed by atoms with Crippen molar-refractivity contribution in [1.29, 1.82) is 0 Å². The van der Waals surface area contributed by atoms with Gasteiger partial charge in [-0.25, -0.2) is 0 Å². The molecule has 0 radical (unpaired) electrons. The van der Waals surface area contributed by atoms with Gasteiger partial charge in [0.15, 0.2) is 0 Å². The molecule has 1 aromatic rings. The quantitative estimate of drug-likeness (QED) is 0.792. The van der Waals surface area contributed by atoms with Crippen LogP contribution in [0.2, 0.25) is 0 Å². The van der Waals surface area contributed by atoms with Crippen molar-refractivity contribution in [3.8, 4) is 5.75 Å². The Morgan fingerprint density at radius 3 is 2.57 bits per heavy atom. The van der Waals surface area contributed by atoms with Crippen molar-refractivity contribution in [2.75, 3.05) is 7.11 Å². The first-order valence-corrected chi connectivity index (χ1v) is 7.19. The molecule has 1 aliphatic carbocycles. The van der Waals surface area contributed by atoms with Crippen LogP contribution >= 0.6 is 0 Å². The van der Waals surface area contributed by atoms with Gasteiger partial charge in [-0.3, -0.25) is 9.59 Å². The highest BCUT2D eigenvalue weighted by molar-refractivity contribution is 5.83. The molecule has 3 atom stereocenters. The van der Waals surface area contributed by atoms with Crippen LogP contribution in [-0.2, 0) is 20.9 Å². The molecule has 0 unspecified atom stereocenters. The Bertz CT molecular complexity index is 554. The standard InChI is InChI=1S/C16H19NO4/c1-10(18)21-15-8-12-7-14(15)17(16(12)19)9-11-3-5-13(20-2)6-4-11/h3-6,12,14-15H,7-9H2,1-2H3/t12-,14+,15+/m1/s1. The predicted molar refractivity (Wildman–Crippen MR) is 75.6 cm³/mol.